The second-order valence-corrected chi connectivity index (χ2v) is 6.80. The first-order chi connectivity index (χ1) is 12.2. The van der Waals surface area contributed by atoms with Crippen molar-refractivity contribution in [1.29, 1.82) is 0 Å². The van der Waals surface area contributed by atoms with Crippen molar-refractivity contribution in [3.05, 3.63) is 48.5 Å². The maximum atomic E-state index is 12.5. The molecule has 0 unspecified atom stereocenters. The molecule has 1 N–H and O–H groups in total. The van der Waals surface area contributed by atoms with Gasteiger partial charge in [0.1, 0.15) is 0 Å². The lowest BCUT2D eigenvalue weighted by Crippen LogP contribution is -2.45. The molecule has 1 aromatic heterocycles. The predicted octanol–water partition coefficient (Wildman–Crippen LogP) is 2.50. The Kier molecular flexibility index (Phi) is 4.42. The van der Waals surface area contributed by atoms with Crippen molar-refractivity contribution in [3.8, 4) is 0 Å². The Hall–Kier alpha value is -2.37. The van der Waals surface area contributed by atoms with Gasteiger partial charge in [0.15, 0.2) is 0 Å². The molecule has 5 nitrogen and oxygen atoms in total. The average Bonchev–Trinajstić information content (AvgIpc) is 2.96. The normalized spacial score (nSPS) is 16.5. The molecule has 25 heavy (non-hydrogen) atoms. The van der Waals surface area contributed by atoms with Gasteiger partial charge in [0.2, 0.25) is 5.91 Å². The zero-order valence-corrected chi connectivity index (χ0v) is 14.6. The van der Waals surface area contributed by atoms with Gasteiger partial charge in [0.25, 0.3) is 0 Å². The summed E-state index contributed by atoms with van der Waals surface area (Å²) in [6, 6.07) is 16.4. The molecule has 0 spiro atoms. The molecule has 1 aliphatic heterocycles. The van der Waals surface area contributed by atoms with Crippen LogP contribution in [-0.2, 0) is 4.79 Å². The van der Waals surface area contributed by atoms with Crippen LogP contribution in [0.25, 0.3) is 21.8 Å². The van der Waals surface area contributed by atoms with Crippen LogP contribution >= 0.6 is 0 Å². The minimum Gasteiger partial charge on any atom is -0.304 e. The smallest absolute Gasteiger partial charge is 0.240 e. The van der Waals surface area contributed by atoms with Gasteiger partial charge in [-0.3, -0.25) is 14.9 Å². The number of rotatable bonds is 4. The molecule has 5 heteroatoms. The summed E-state index contributed by atoms with van der Waals surface area (Å²) in [7, 11) is 2.15. The summed E-state index contributed by atoms with van der Waals surface area (Å²) in [5.41, 5.74) is 5.17. The second kappa shape index (κ2) is 6.86. The summed E-state index contributed by atoms with van der Waals surface area (Å²) in [6.45, 7) is 5.05. The zero-order valence-electron chi connectivity index (χ0n) is 14.6. The van der Waals surface area contributed by atoms with E-state index >= 15 is 0 Å². The van der Waals surface area contributed by atoms with Crippen LogP contribution in [0.5, 0.6) is 0 Å². The van der Waals surface area contributed by atoms with E-state index in [1.165, 1.54) is 0 Å². The number of carbonyl (C=O) groups excluding carboxylic acids is 1. The fourth-order valence-electron chi connectivity index (χ4n) is 3.55. The molecule has 0 radical (unpaired) electrons. The summed E-state index contributed by atoms with van der Waals surface area (Å²) >= 11 is 0. The van der Waals surface area contributed by atoms with Gasteiger partial charge in [-0.2, -0.15) is 0 Å². The minimum atomic E-state index is 0.0606. The van der Waals surface area contributed by atoms with Crippen LogP contribution in [-0.4, -0.2) is 60.2 Å². The minimum absolute atomic E-state index is 0.0606. The van der Waals surface area contributed by atoms with Gasteiger partial charge in [0.05, 0.1) is 11.0 Å². The number of hydrogen-bond donors (Lipinski definition) is 1. The van der Waals surface area contributed by atoms with Crippen LogP contribution in [0.3, 0.4) is 0 Å². The summed E-state index contributed by atoms with van der Waals surface area (Å²) in [6.07, 6.45) is 0.518. The molecule has 1 saturated heterocycles. The molecule has 2 aromatic carbocycles. The summed E-state index contributed by atoms with van der Waals surface area (Å²) in [5, 5.41) is 2.33. The van der Waals surface area contributed by atoms with Gasteiger partial charge in [-0.25, -0.2) is 0 Å². The Labute approximate surface area is 147 Å². The molecule has 4 rings (SSSR count). The summed E-state index contributed by atoms with van der Waals surface area (Å²) in [5.74, 6) is 0.0606. The molecule has 0 atom stereocenters. The van der Waals surface area contributed by atoms with Crippen LogP contribution in [0.4, 0.5) is 0 Å². The number of likely N-dealkylation sites (N-methyl/N-ethyl adjacent to an activating group) is 1. The molecule has 0 saturated carbocycles. The molecule has 1 aliphatic rings. The number of benzene rings is 2. The van der Waals surface area contributed by atoms with Crippen molar-refractivity contribution in [3.63, 3.8) is 0 Å². The van der Waals surface area contributed by atoms with E-state index in [4.69, 9.17) is 0 Å². The number of amides is 1. The summed E-state index contributed by atoms with van der Waals surface area (Å²) in [4.78, 5) is 17.2. The molecular weight excluding hydrogens is 312 g/mol. The SMILES string of the molecule is CN1CCN(CCC(=O)Nn2c3ccccc3c3ccccc32)CC1. The Morgan fingerprint density at radius 1 is 0.920 bits per heavy atom. The van der Waals surface area contributed by atoms with E-state index in [-0.39, 0.29) is 5.91 Å². The average molecular weight is 336 g/mol. The van der Waals surface area contributed by atoms with Gasteiger partial charge >= 0.3 is 0 Å². The van der Waals surface area contributed by atoms with Crippen molar-refractivity contribution in [2.45, 2.75) is 6.42 Å². The molecule has 0 bridgehead atoms. The lowest BCUT2D eigenvalue weighted by atomic mass is 10.2. The number of nitrogens with zero attached hydrogens (tertiary/aromatic N) is 3. The van der Waals surface area contributed by atoms with E-state index in [2.05, 4.69) is 46.5 Å². The first-order valence-electron chi connectivity index (χ1n) is 8.91. The fourth-order valence-corrected chi connectivity index (χ4v) is 3.55. The molecule has 130 valence electrons. The van der Waals surface area contributed by atoms with Crippen LogP contribution < -0.4 is 5.43 Å². The Balaban J connectivity index is 1.51. The Morgan fingerprint density at radius 2 is 1.48 bits per heavy atom. The maximum Gasteiger partial charge on any atom is 0.240 e. The van der Waals surface area contributed by atoms with Crippen molar-refractivity contribution in [2.24, 2.45) is 0 Å². The Morgan fingerprint density at radius 3 is 2.08 bits per heavy atom. The lowest BCUT2D eigenvalue weighted by Gasteiger charge is -2.32. The standard InChI is InChI=1S/C20H24N4O/c1-22-12-14-23(15-13-22)11-10-20(25)21-24-18-8-4-2-6-16(18)17-7-3-5-9-19(17)24/h2-9H,10-15H2,1H3,(H,21,25). The highest BCUT2D eigenvalue weighted by atomic mass is 16.2. The highest BCUT2D eigenvalue weighted by molar-refractivity contribution is 6.09. The van der Waals surface area contributed by atoms with Gasteiger partial charge < -0.3 is 9.80 Å². The monoisotopic (exact) mass is 336 g/mol. The first kappa shape index (κ1) is 16.1. The summed E-state index contributed by atoms with van der Waals surface area (Å²) < 4.78 is 1.93. The molecular formula is C20H24N4O. The molecule has 3 aromatic rings. The van der Waals surface area contributed by atoms with Crippen LogP contribution in [0, 0.1) is 0 Å². The van der Waals surface area contributed by atoms with Gasteiger partial charge in [-0.1, -0.05) is 36.4 Å². The second-order valence-electron chi connectivity index (χ2n) is 6.80. The molecule has 1 fully saturated rings. The van der Waals surface area contributed by atoms with E-state index < -0.39 is 0 Å². The van der Waals surface area contributed by atoms with Gasteiger partial charge in [-0.15, -0.1) is 0 Å². The van der Waals surface area contributed by atoms with Crippen molar-refractivity contribution in [1.82, 2.24) is 14.5 Å². The van der Waals surface area contributed by atoms with Crippen molar-refractivity contribution in [2.75, 3.05) is 45.2 Å². The van der Waals surface area contributed by atoms with E-state index in [1.54, 1.807) is 0 Å². The number of fused-ring (bicyclic) bond motifs is 3. The van der Waals surface area contributed by atoms with Crippen LogP contribution in [0.15, 0.2) is 48.5 Å². The fraction of sp³-hybridized carbons (Fsp3) is 0.350. The number of carbonyl (C=O) groups is 1. The first-order valence-corrected chi connectivity index (χ1v) is 8.91. The highest BCUT2D eigenvalue weighted by Crippen LogP contribution is 2.27. The van der Waals surface area contributed by atoms with Crippen molar-refractivity contribution >= 4 is 27.7 Å². The number of para-hydroxylation sites is 2. The van der Waals surface area contributed by atoms with Gasteiger partial charge in [0, 0.05) is 49.9 Å². The number of aromatic nitrogens is 1. The maximum absolute atomic E-state index is 12.5. The molecule has 1 amide bonds. The van der Waals surface area contributed by atoms with E-state index in [0.717, 1.165) is 54.5 Å². The van der Waals surface area contributed by atoms with Crippen LogP contribution in [0.1, 0.15) is 6.42 Å². The van der Waals surface area contributed by atoms with Gasteiger partial charge in [-0.05, 0) is 19.2 Å². The predicted molar refractivity (Wildman–Crippen MR) is 102 cm³/mol. The third-order valence-corrected chi connectivity index (χ3v) is 5.07. The third kappa shape index (κ3) is 3.25. The van der Waals surface area contributed by atoms with E-state index in [9.17, 15) is 4.79 Å². The number of piperazine rings is 1. The zero-order chi connectivity index (χ0) is 17.2. The van der Waals surface area contributed by atoms with Crippen molar-refractivity contribution < 1.29 is 4.79 Å². The quantitative estimate of drug-likeness (QED) is 0.796. The topological polar surface area (TPSA) is 40.5 Å². The Bertz CT molecular complexity index is 840. The third-order valence-electron chi connectivity index (χ3n) is 5.07. The number of nitrogens with one attached hydrogen (secondary N) is 1. The number of hydrogen-bond acceptors (Lipinski definition) is 3. The highest BCUT2D eigenvalue weighted by Gasteiger charge is 2.16. The van der Waals surface area contributed by atoms with E-state index in [1.807, 2.05) is 28.9 Å². The van der Waals surface area contributed by atoms with E-state index in [0.29, 0.717) is 6.42 Å². The lowest BCUT2D eigenvalue weighted by molar-refractivity contribution is -0.117. The molecule has 0 aliphatic carbocycles. The van der Waals surface area contributed by atoms with Crippen LogP contribution in [0.2, 0.25) is 0 Å². The molecule has 2 heterocycles. The largest absolute Gasteiger partial charge is 0.304 e.